The molecule has 114 valence electrons. The maximum absolute atomic E-state index is 12.4. The van der Waals surface area contributed by atoms with E-state index in [-0.39, 0.29) is 24.3 Å². The lowest BCUT2D eigenvalue weighted by molar-refractivity contribution is 0.263. The molecule has 5 nitrogen and oxygen atoms in total. The van der Waals surface area contributed by atoms with Gasteiger partial charge >= 0.3 is 0 Å². The molecule has 1 atom stereocenters. The first kappa shape index (κ1) is 17.2. The minimum absolute atomic E-state index is 0. The summed E-state index contributed by atoms with van der Waals surface area (Å²) in [6, 6.07) is 0. The van der Waals surface area contributed by atoms with Gasteiger partial charge in [0.1, 0.15) is 0 Å². The molecule has 0 radical (unpaired) electrons. The van der Waals surface area contributed by atoms with Crippen molar-refractivity contribution in [3.8, 4) is 0 Å². The number of likely N-dealkylation sites (tertiary alicyclic amines) is 1. The van der Waals surface area contributed by atoms with Gasteiger partial charge in [0.2, 0.25) is 10.0 Å². The van der Waals surface area contributed by atoms with Crippen molar-refractivity contribution >= 4 is 22.4 Å². The van der Waals surface area contributed by atoms with E-state index in [0.29, 0.717) is 19.6 Å². The molecule has 1 unspecified atom stereocenters. The number of unbranched alkanes of at least 4 members (excludes halogenated alkanes) is 1. The van der Waals surface area contributed by atoms with E-state index in [9.17, 15) is 8.42 Å². The first-order valence-corrected chi connectivity index (χ1v) is 8.47. The van der Waals surface area contributed by atoms with Gasteiger partial charge in [-0.1, -0.05) is 0 Å². The van der Waals surface area contributed by atoms with Crippen LogP contribution < -0.4 is 0 Å². The van der Waals surface area contributed by atoms with E-state index < -0.39 is 10.0 Å². The number of nitrogens with zero attached hydrogens (tertiary/aromatic N) is 2. The maximum atomic E-state index is 12.4. The Bertz CT molecular complexity index is 358. The van der Waals surface area contributed by atoms with E-state index in [4.69, 9.17) is 5.11 Å². The molecule has 0 amide bonds. The quantitative estimate of drug-likeness (QED) is 0.733. The molecular formula is C12H25ClN2O3S. The molecule has 0 bridgehead atoms. The van der Waals surface area contributed by atoms with E-state index in [0.717, 1.165) is 45.2 Å². The van der Waals surface area contributed by atoms with E-state index in [1.165, 1.54) is 0 Å². The second-order valence-electron chi connectivity index (χ2n) is 5.29. The monoisotopic (exact) mass is 312 g/mol. The molecule has 2 rings (SSSR count). The molecule has 2 fully saturated rings. The lowest BCUT2D eigenvalue weighted by Gasteiger charge is -2.21. The fraction of sp³-hybridized carbons (Fsp3) is 1.00. The molecule has 7 heteroatoms. The Morgan fingerprint density at radius 3 is 2.42 bits per heavy atom. The van der Waals surface area contributed by atoms with Crippen LogP contribution in [0.15, 0.2) is 0 Å². The molecule has 19 heavy (non-hydrogen) atoms. The molecule has 2 aliphatic heterocycles. The van der Waals surface area contributed by atoms with Gasteiger partial charge in [-0.15, -0.1) is 12.4 Å². The molecule has 0 saturated carbocycles. The number of aliphatic hydroxyl groups is 1. The van der Waals surface area contributed by atoms with Gasteiger partial charge in [-0.3, -0.25) is 0 Å². The first-order chi connectivity index (χ1) is 8.64. The van der Waals surface area contributed by atoms with Crippen LogP contribution in [-0.4, -0.2) is 67.3 Å². The molecule has 1 N–H and O–H groups in total. The van der Waals surface area contributed by atoms with E-state index in [1.807, 2.05) is 0 Å². The summed E-state index contributed by atoms with van der Waals surface area (Å²) in [5.74, 6) is 0. The van der Waals surface area contributed by atoms with E-state index in [1.54, 1.807) is 4.31 Å². The number of sulfonamides is 1. The molecule has 2 heterocycles. The molecule has 0 aromatic heterocycles. The summed E-state index contributed by atoms with van der Waals surface area (Å²) < 4.78 is 26.4. The van der Waals surface area contributed by atoms with Crippen LogP contribution >= 0.6 is 12.4 Å². The summed E-state index contributed by atoms with van der Waals surface area (Å²) in [7, 11) is -3.06. The molecule has 0 aromatic carbocycles. The predicted octanol–water partition coefficient (Wildman–Crippen LogP) is 0.681. The van der Waals surface area contributed by atoms with Gasteiger partial charge in [0.05, 0.1) is 5.25 Å². The zero-order chi connectivity index (χ0) is 13.0. The largest absolute Gasteiger partial charge is 0.396 e. The Morgan fingerprint density at radius 1 is 1.11 bits per heavy atom. The van der Waals surface area contributed by atoms with Gasteiger partial charge in [0.25, 0.3) is 0 Å². The van der Waals surface area contributed by atoms with Crippen LogP contribution in [0.2, 0.25) is 0 Å². The van der Waals surface area contributed by atoms with Gasteiger partial charge in [0, 0.05) is 26.2 Å². The second-order valence-corrected chi connectivity index (χ2v) is 7.51. The third kappa shape index (κ3) is 4.29. The molecule has 0 spiro atoms. The van der Waals surface area contributed by atoms with Crippen molar-refractivity contribution < 1.29 is 13.5 Å². The van der Waals surface area contributed by atoms with Crippen molar-refractivity contribution in [3.63, 3.8) is 0 Å². The summed E-state index contributed by atoms with van der Waals surface area (Å²) >= 11 is 0. The molecular weight excluding hydrogens is 288 g/mol. The minimum Gasteiger partial charge on any atom is -0.396 e. The number of hydrogen-bond acceptors (Lipinski definition) is 4. The zero-order valence-electron chi connectivity index (χ0n) is 11.3. The number of rotatable bonds is 6. The summed E-state index contributed by atoms with van der Waals surface area (Å²) in [6.45, 7) is 4.11. The van der Waals surface area contributed by atoms with Crippen molar-refractivity contribution in [1.82, 2.24) is 9.21 Å². The van der Waals surface area contributed by atoms with Crippen LogP contribution in [0, 0.1) is 0 Å². The predicted molar refractivity (Wildman–Crippen MR) is 78.1 cm³/mol. The average molecular weight is 313 g/mol. The third-order valence-corrected chi connectivity index (χ3v) is 6.27. The summed E-state index contributed by atoms with van der Waals surface area (Å²) in [6.07, 6.45) is 4.53. The standard InChI is InChI=1S/C12H24N2O3S.ClH/c15-10-4-3-6-13-9-5-12(11-13)18(16,17)14-7-1-2-8-14;/h12,15H,1-11H2;1H. The number of halogens is 1. The zero-order valence-corrected chi connectivity index (χ0v) is 13.0. The Morgan fingerprint density at radius 2 is 1.79 bits per heavy atom. The lowest BCUT2D eigenvalue weighted by Crippen LogP contribution is -2.38. The highest BCUT2D eigenvalue weighted by molar-refractivity contribution is 7.89. The van der Waals surface area contributed by atoms with Gasteiger partial charge in [-0.2, -0.15) is 0 Å². The molecule has 2 saturated heterocycles. The molecule has 2 aliphatic rings. The van der Waals surface area contributed by atoms with Gasteiger partial charge < -0.3 is 10.0 Å². The highest BCUT2D eigenvalue weighted by Crippen LogP contribution is 2.23. The summed E-state index contributed by atoms with van der Waals surface area (Å²) in [4.78, 5) is 2.22. The van der Waals surface area contributed by atoms with E-state index in [2.05, 4.69) is 4.90 Å². The van der Waals surface area contributed by atoms with Gasteiger partial charge in [-0.05, 0) is 45.2 Å². The highest BCUT2D eigenvalue weighted by atomic mass is 35.5. The van der Waals surface area contributed by atoms with Crippen molar-refractivity contribution in [2.24, 2.45) is 0 Å². The number of aliphatic hydroxyl groups excluding tert-OH is 1. The smallest absolute Gasteiger partial charge is 0.218 e. The fourth-order valence-electron chi connectivity index (χ4n) is 2.84. The SMILES string of the molecule is Cl.O=S(=O)(C1CCN(CCCCO)C1)N1CCCC1. The van der Waals surface area contributed by atoms with Crippen LogP contribution in [0.25, 0.3) is 0 Å². The average Bonchev–Trinajstić information content (AvgIpc) is 3.01. The summed E-state index contributed by atoms with van der Waals surface area (Å²) in [5, 5.41) is 8.54. The topological polar surface area (TPSA) is 60.9 Å². The van der Waals surface area contributed by atoms with E-state index >= 15 is 0 Å². The van der Waals surface area contributed by atoms with Crippen molar-refractivity contribution in [2.75, 3.05) is 39.3 Å². The van der Waals surface area contributed by atoms with Crippen LogP contribution in [-0.2, 0) is 10.0 Å². The molecule has 0 aliphatic carbocycles. The Kier molecular flexibility index (Phi) is 7.04. The maximum Gasteiger partial charge on any atom is 0.218 e. The number of hydrogen-bond donors (Lipinski definition) is 1. The fourth-order valence-corrected chi connectivity index (χ4v) is 4.84. The lowest BCUT2D eigenvalue weighted by atomic mass is 10.3. The van der Waals surface area contributed by atoms with Crippen molar-refractivity contribution in [1.29, 1.82) is 0 Å². The van der Waals surface area contributed by atoms with Crippen LogP contribution in [0.1, 0.15) is 32.1 Å². The summed E-state index contributed by atoms with van der Waals surface area (Å²) in [5.41, 5.74) is 0. The van der Waals surface area contributed by atoms with Crippen LogP contribution in [0.5, 0.6) is 0 Å². The van der Waals surface area contributed by atoms with Crippen LogP contribution in [0.3, 0.4) is 0 Å². The third-order valence-electron chi connectivity index (χ3n) is 3.96. The second kappa shape index (κ2) is 7.78. The Labute approximate surface area is 122 Å². The van der Waals surface area contributed by atoms with Gasteiger partial charge in [0.15, 0.2) is 0 Å². The van der Waals surface area contributed by atoms with Crippen molar-refractivity contribution in [3.05, 3.63) is 0 Å². The molecule has 0 aromatic rings. The minimum atomic E-state index is -3.06. The van der Waals surface area contributed by atoms with Crippen LogP contribution in [0.4, 0.5) is 0 Å². The Balaban J connectivity index is 0.00000180. The highest BCUT2D eigenvalue weighted by Gasteiger charge is 2.37. The first-order valence-electron chi connectivity index (χ1n) is 6.97. The van der Waals surface area contributed by atoms with Gasteiger partial charge in [-0.25, -0.2) is 12.7 Å². The van der Waals surface area contributed by atoms with Crippen molar-refractivity contribution in [2.45, 2.75) is 37.4 Å². The normalized spacial score (nSPS) is 25.6. The Hall–Kier alpha value is 0.120.